The lowest BCUT2D eigenvalue weighted by Gasteiger charge is -2.26. The molecule has 1 heterocycles. The first-order valence-corrected chi connectivity index (χ1v) is 5.18. The smallest absolute Gasteiger partial charge is 0.00208 e. The van der Waals surface area contributed by atoms with Gasteiger partial charge in [-0.25, -0.2) is 0 Å². The van der Waals surface area contributed by atoms with Crippen LogP contribution in [0.5, 0.6) is 0 Å². The Balaban J connectivity index is 2.20. The average Bonchev–Trinajstić information content (AvgIpc) is 2.47. The van der Waals surface area contributed by atoms with Crippen LogP contribution < -0.4 is 5.32 Å². The molecule has 2 aliphatic rings. The SMILES string of the molecule is CC(C)(C)C1=CC2CNCC2C=C1. The van der Waals surface area contributed by atoms with E-state index in [0.717, 1.165) is 24.9 Å². The lowest BCUT2D eigenvalue weighted by atomic mass is 9.78. The average molecular weight is 177 g/mol. The van der Waals surface area contributed by atoms with Crippen LogP contribution in [-0.2, 0) is 0 Å². The predicted octanol–water partition coefficient (Wildman–Crippen LogP) is 2.36. The molecule has 2 unspecified atom stereocenters. The zero-order valence-corrected chi connectivity index (χ0v) is 8.80. The van der Waals surface area contributed by atoms with Gasteiger partial charge in [-0.2, -0.15) is 0 Å². The van der Waals surface area contributed by atoms with E-state index in [1.165, 1.54) is 5.57 Å². The summed E-state index contributed by atoms with van der Waals surface area (Å²) in [5.74, 6) is 1.50. The van der Waals surface area contributed by atoms with E-state index in [1.54, 1.807) is 0 Å². The number of rotatable bonds is 0. The minimum atomic E-state index is 0.310. The second kappa shape index (κ2) is 2.98. The molecule has 1 aliphatic heterocycles. The molecule has 0 saturated carbocycles. The minimum absolute atomic E-state index is 0.310. The number of hydrogen-bond acceptors (Lipinski definition) is 1. The third-order valence-corrected chi connectivity index (χ3v) is 3.09. The van der Waals surface area contributed by atoms with Gasteiger partial charge in [0, 0.05) is 13.1 Å². The molecule has 1 fully saturated rings. The van der Waals surface area contributed by atoms with Crippen LogP contribution >= 0.6 is 0 Å². The van der Waals surface area contributed by atoms with Crippen molar-refractivity contribution < 1.29 is 0 Å². The molecular weight excluding hydrogens is 158 g/mol. The Morgan fingerprint density at radius 2 is 1.92 bits per heavy atom. The van der Waals surface area contributed by atoms with Crippen LogP contribution in [0, 0.1) is 17.3 Å². The highest BCUT2D eigenvalue weighted by Crippen LogP contribution is 2.34. The zero-order chi connectivity index (χ0) is 9.47. The molecule has 1 aliphatic carbocycles. The topological polar surface area (TPSA) is 12.0 Å². The molecule has 1 nitrogen and oxygen atoms in total. The van der Waals surface area contributed by atoms with Crippen LogP contribution in [-0.4, -0.2) is 13.1 Å². The van der Waals surface area contributed by atoms with Crippen molar-refractivity contribution in [1.29, 1.82) is 0 Å². The summed E-state index contributed by atoms with van der Waals surface area (Å²) < 4.78 is 0. The fraction of sp³-hybridized carbons (Fsp3) is 0.667. The fourth-order valence-electron chi connectivity index (χ4n) is 2.13. The summed E-state index contributed by atoms with van der Waals surface area (Å²) in [5.41, 5.74) is 1.81. The maximum atomic E-state index is 3.44. The highest BCUT2D eigenvalue weighted by atomic mass is 14.9. The van der Waals surface area contributed by atoms with Crippen molar-refractivity contribution in [3.63, 3.8) is 0 Å². The van der Waals surface area contributed by atoms with Gasteiger partial charge in [0.2, 0.25) is 0 Å². The lowest BCUT2D eigenvalue weighted by Crippen LogP contribution is -2.17. The van der Waals surface area contributed by atoms with Gasteiger partial charge in [0.25, 0.3) is 0 Å². The minimum Gasteiger partial charge on any atom is -0.316 e. The van der Waals surface area contributed by atoms with E-state index in [1.807, 2.05) is 0 Å². The van der Waals surface area contributed by atoms with Crippen molar-refractivity contribution in [3.05, 3.63) is 23.8 Å². The van der Waals surface area contributed by atoms with Crippen LogP contribution in [0.2, 0.25) is 0 Å². The number of hydrogen-bond donors (Lipinski definition) is 1. The molecule has 2 rings (SSSR count). The summed E-state index contributed by atoms with van der Waals surface area (Å²) in [6, 6.07) is 0. The maximum absolute atomic E-state index is 3.44. The van der Waals surface area contributed by atoms with Gasteiger partial charge < -0.3 is 5.32 Å². The quantitative estimate of drug-likeness (QED) is 0.599. The second-order valence-corrected chi connectivity index (χ2v) is 5.22. The van der Waals surface area contributed by atoms with Crippen molar-refractivity contribution in [3.8, 4) is 0 Å². The molecule has 0 aromatic rings. The second-order valence-electron chi connectivity index (χ2n) is 5.22. The van der Waals surface area contributed by atoms with E-state index in [4.69, 9.17) is 0 Å². The summed E-state index contributed by atoms with van der Waals surface area (Å²) in [6.45, 7) is 9.17. The molecule has 13 heavy (non-hydrogen) atoms. The summed E-state index contributed by atoms with van der Waals surface area (Å²) in [7, 11) is 0. The molecule has 1 saturated heterocycles. The Bertz CT molecular complexity index is 255. The Labute approximate surface area is 80.9 Å². The Kier molecular flexibility index (Phi) is 2.07. The third-order valence-electron chi connectivity index (χ3n) is 3.09. The van der Waals surface area contributed by atoms with Crippen LogP contribution in [0.1, 0.15) is 20.8 Å². The molecule has 0 bridgehead atoms. The third kappa shape index (κ3) is 1.71. The number of nitrogens with one attached hydrogen (secondary N) is 1. The van der Waals surface area contributed by atoms with Gasteiger partial charge in [0.05, 0.1) is 0 Å². The first-order valence-electron chi connectivity index (χ1n) is 5.18. The first-order chi connectivity index (χ1) is 6.07. The fourth-order valence-corrected chi connectivity index (χ4v) is 2.13. The molecule has 0 aromatic heterocycles. The first kappa shape index (κ1) is 9.01. The molecule has 72 valence electrons. The van der Waals surface area contributed by atoms with E-state index in [-0.39, 0.29) is 0 Å². The summed E-state index contributed by atoms with van der Waals surface area (Å²) in [4.78, 5) is 0. The monoisotopic (exact) mass is 177 g/mol. The maximum Gasteiger partial charge on any atom is 0.00208 e. The number of allylic oxidation sites excluding steroid dienone is 2. The molecule has 0 spiro atoms. The normalized spacial score (nSPS) is 33.0. The summed E-state index contributed by atoms with van der Waals surface area (Å²) in [6.07, 6.45) is 7.16. The van der Waals surface area contributed by atoms with Gasteiger partial charge in [-0.15, -0.1) is 0 Å². The predicted molar refractivity (Wildman–Crippen MR) is 56.5 cm³/mol. The van der Waals surface area contributed by atoms with E-state index in [0.29, 0.717) is 5.41 Å². The van der Waals surface area contributed by atoms with E-state index < -0.39 is 0 Å². The zero-order valence-electron chi connectivity index (χ0n) is 8.80. The Hall–Kier alpha value is -0.560. The standard InChI is InChI=1S/C12H19N/c1-12(2,3)11-5-4-9-7-13-8-10(9)6-11/h4-6,9-10,13H,7-8H2,1-3H3. The van der Waals surface area contributed by atoms with E-state index >= 15 is 0 Å². The van der Waals surface area contributed by atoms with Crippen molar-refractivity contribution >= 4 is 0 Å². The lowest BCUT2D eigenvalue weighted by molar-refractivity contribution is 0.490. The van der Waals surface area contributed by atoms with Gasteiger partial charge in [0.15, 0.2) is 0 Å². The molecule has 0 aromatic carbocycles. The molecule has 1 N–H and O–H groups in total. The summed E-state index contributed by atoms with van der Waals surface area (Å²) in [5, 5.41) is 3.44. The molecule has 1 heteroatoms. The molecule has 0 amide bonds. The Morgan fingerprint density at radius 3 is 2.62 bits per heavy atom. The molecule has 2 atom stereocenters. The Morgan fingerprint density at radius 1 is 1.23 bits per heavy atom. The van der Waals surface area contributed by atoms with Gasteiger partial charge in [0.1, 0.15) is 0 Å². The number of fused-ring (bicyclic) bond motifs is 1. The highest BCUT2D eigenvalue weighted by molar-refractivity contribution is 5.31. The van der Waals surface area contributed by atoms with Crippen LogP contribution in [0.25, 0.3) is 0 Å². The van der Waals surface area contributed by atoms with Gasteiger partial charge in [-0.3, -0.25) is 0 Å². The molecular formula is C12H19N. The van der Waals surface area contributed by atoms with Crippen molar-refractivity contribution in [2.24, 2.45) is 17.3 Å². The van der Waals surface area contributed by atoms with Gasteiger partial charge in [-0.1, -0.05) is 39.0 Å². The largest absolute Gasteiger partial charge is 0.316 e. The van der Waals surface area contributed by atoms with Gasteiger partial charge in [-0.05, 0) is 22.8 Å². The van der Waals surface area contributed by atoms with Crippen LogP contribution in [0.15, 0.2) is 23.8 Å². The van der Waals surface area contributed by atoms with E-state index in [2.05, 4.69) is 44.3 Å². The molecule has 0 radical (unpaired) electrons. The van der Waals surface area contributed by atoms with Gasteiger partial charge >= 0.3 is 0 Å². The summed E-state index contributed by atoms with van der Waals surface area (Å²) >= 11 is 0. The highest BCUT2D eigenvalue weighted by Gasteiger charge is 2.28. The van der Waals surface area contributed by atoms with Crippen molar-refractivity contribution in [2.75, 3.05) is 13.1 Å². The van der Waals surface area contributed by atoms with Crippen LogP contribution in [0.3, 0.4) is 0 Å². The van der Waals surface area contributed by atoms with Crippen molar-refractivity contribution in [1.82, 2.24) is 5.32 Å². The van der Waals surface area contributed by atoms with Crippen molar-refractivity contribution in [2.45, 2.75) is 20.8 Å². The van der Waals surface area contributed by atoms with Crippen LogP contribution in [0.4, 0.5) is 0 Å². The van der Waals surface area contributed by atoms with E-state index in [9.17, 15) is 0 Å².